The number of rotatable bonds is 11. The molecule has 28 heavy (non-hydrogen) atoms. The van der Waals surface area contributed by atoms with Gasteiger partial charge in [-0.25, -0.2) is 0 Å². The zero-order valence-electron chi connectivity index (χ0n) is 18.6. The maximum atomic E-state index is 13.3. The van der Waals surface area contributed by atoms with Gasteiger partial charge in [0.2, 0.25) is 0 Å². The van der Waals surface area contributed by atoms with Gasteiger partial charge >= 0.3 is 0 Å². The molecule has 0 spiro atoms. The van der Waals surface area contributed by atoms with Gasteiger partial charge in [0, 0.05) is 39.3 Å². The summed E-state index contributed by atoms with van der Waals surface area (Å²) in [6, 6.07) is 0. The van der Waals surface area contributed by atoms with Crippen molar-refractivity contribution in [2.75, 3.05) is 59.0 Å². The fraction of sp³-hybridized carbons (Fsp3) is 1.00. The molecule has 0 saturated carbocycles. The highest BCUT2D eigenvalue weighted by Gasteiger charge is 2.32. The van der Waals surface area contributed by atoms with Crippen molar-refractivity contribution >= 4 is 10.2 Å². The highest BCUT2D eigenvalue weighted by atomic mass is 32.2. The SMILES string of the molecule is CC(C)CCN(CCC(C)C)S(=O)(=O)N1CCC(CCN2CCOCC2)CC1. The number of hydrogen-bond acceptors (Lipinski definition) is 4. The lowest BCUT2D eigenvalue weighted by Crippen LogP contribution is -2.48. The van der Waals surface area contributed by atoms with Crippen molar-refractivity contribution in [1.82, 2.24) is 13.5 Å². The number of hydrogen-bond donors (Lipinski definition) is 0. The first kappa shape index (κ1) is 24.1. The van der Waals surface area contributed by atoms with Crippen LogP contribution < -0.4 is 0 Å². The minimum atomic E-state index is -3.33. The van der Waals surface area contributed by atoms with E-state index in [1.54, 1.807) is 8.61 Å². The Morgan fingerprint density at radius 1 is 0.929 bits per heavy atom. The summed E-state index contributed by atoms with van der Waals surface area (Å²) in [6.07, 6.45) is 5.01. The average Bonchev–Trinajstić information content (AvgIpc) is 2.67. The first-order valence-electron chi connectivity index (χ1n) is 11.3. The van der Waals surface area contributed by atoms with E-state index in [1.165, 1.54) is 6.42 Å². The third kappa shape index (κ3) is 7.90. The summed E-state index contributed by atoms with van der Waals surface area (Å²) in [7, 11) is -3.33. The lowest BCUT2D eigenvalue weighted by Gasteiger charge is -2.36. The van der Waals surface area contributed by atoms with Crippen LogP contribution >= 0.6 is 0 Å². The minimum absolute atomic E-state index is 0.516. The van der Waals surface area contributed by atoms with Crippen LogP contribution in [0.5, 0.6) is 0 Å². The van der Waals surface area contributed by atoms with Gasteiger partial charge in [-0.3, -0.25) is 4.90 Å². The van der Waals surface area contributed by atoms with Gasteiger partial charge in [0.25, 0.3) is 10.2 Å². The molecule has 2 heterocycles. The van der Waals surface area contributed by atoms with Crippen molar-refractivity contribution in [3.8, 4) is 0 Å². The van der Waals surface area contributed by atoms with Crippen molar-refractivity contribution < 1.29 is 13.2 Å². The van der Waals surface area contributed by atoms with Crippen LogP contribution in [0, 0.1) is 17.8 Å². The molecule has 6 nitrogen and oxygen atoms in total. The van der Waals surface area contributed by atoms with E-state index in [1.807, 2.05) is 0 Å². The Morgan fingerprint density at radius 2 is 1.46 bits per heavy atom. The van der Waals surface area contributed by atoms with Crippen molar-refractivity contribution in [2.24, 2.45) is 17.8 Å². The van der Waals surface area contributed by atoms with Crippen LogP contribution in [0.25, 0.3) is 0 Å². The van der Waals surface area contributed by atoms with Gasteiger partial charge in [-0.1, -0.05) is 27.7 Å². The normalized spacial score (nSPS) is 21.2. The Morgan fingerprint density at radius 3 is 1.96 bits per heavy atom. The van der Waals surface area contributed by atoms with Gasteiger partial charge in [-0.05, 0) is 56.4 Å². The fourth-order valence-electron chi connectivity index (χ4n) is 3.93. The number of nitrogens with zero attached hydrogens (tertiary/aromatic N) is 3. The smallest absolute Gasteiger partial charge is 0.281 e. The van der Waals surface area contributed by atoms with Crippen LogP contribution in [0.1, 0.15) is 59.8 Å². The molecule has 0 radical (unpaired) electrons. The Labute approximate surface area is 173 Å². The third-order valence-electron chi connectivity index (χ3n) is 6.10. The third-order valence-corrected chi connectivity index (χ3v) is 8.13. The maximum Gasteiger partial charge on any atom is 0.281 e. The molecule has 0 bridgehead atoms. The first-order valence-corrected chi connectivity index (χ1v) is 12.7. The molecule has 0 atom stereocenters. The van der Waals surface area contributed by atoms with E-state index in [4.69, 9.17) is 4.74 Å². The second kappa shape index (κ2) is 11.8. The Bertz CT molecular complexity index is 513. The molecule has 7 heteroatoms. The van der Waals surface area contributed by atoms with Gasteiger partial charge in [0.1, 0.15) is 0 Å². The van der Waals surface area contributed by atoms with E-state index in [0.717, 1.165) is 58.5 Å². The minimum Gasteiger partial charge on any atom is -0.379 e. The van der Waals surface area contributed by atoms with Gasteiger partial charge in [0.05, 0.1) is 13.2 Å². The lowest BCUT2D eigenvalue weighted by atomic mass is 9.94. The van der Waals surface area contributed by atoms with Gasteiger partial charge in [-0.2, -0.15) is 17.0 Å². The molecule has 0 aliphatic carbocycles. The molecule has 0 aromatic rings. The van der Waals surface area contributed by atoms with Gasteiger partial charge < -0.3 is 4.74 Å². The van der Waals surface area contributed by atoms with E-state index in [-0.39, 0.29) is 0 Å². The second-order valence-electron chi connectivity index (χ2n) is 9.36. The molecule has 2 rings (SSSR count). The maximum absolute atomic E-state index is 13.3. The molecule has 0 aromatic carbocycles. The second-order valence-corrected chi connectivity index (χ2v) is 11.3. The summed E-state index contributed by atoms with van der Waals surface area (Å²) < 4.78 is 35.4. The average molecular weight is 418 g/mol. The van der Waals surface area contributed by atoms with Crippen LogP contribution in [0.4, 0.5) is 0 Å². The molecule has 2 aliphatic heterocycles. The highest BCUT2D eigenvalue weighted by Crippen LogP contribution is 2.25. The fourth-order valence-corrected chi connectivity index (χ4v) is 5.60. The van der Waals surface area contributed by atoms with Gasteiger partial charge in [0.15, 0.2) is 0 Å². The van der Waals surface area contributed by atoms with Crippen LogP contribution in [0.3, 0.4) is 0 Å². The molecule has 2 saturated heterocycles. The molecule has 0 unspecified atom stereocenters. The Kier molecular flexibility index (Phi) is 10.2. The van der Waals surface area contributed by atoms with E-state index in [2.05, 4.69) is 32.6 Å². The molecular weight excluding hydrogens is 374 g/mol. The van der Waals surface area contributed by atoms with E-state index >= 15 is 0 Å². The van der Waals surface area contributed by atoms with E-state index < -0.39 is 10.2 Å². The molecule has 0 amide bonds. The van der Waals surface area contributed by atoms with Crippen LogP contribution in [0.2, 0.25) is 0 Å². The first-order chi connectivity index (χ1) is 13.3. The lowest BCUT2D eigenvalue weighted by molar-refractivity contribution is 0.0342. The topological polar surface area (TPSA) is 53.1 Å². The van der Waals surface area contributed by atoms with Crippen molar-refractivity contribution in [3.05, 3.63) is 0 Å². The van der Waals surface area contributed by atoms with Crippen molar-refractivity contribution in [3.63, 3.8) is 0 Å². The quantitative estimate of drug-likeness (QED) is 0.518. The predicted molar refractivity (Wildman–Crippen MR) is 116 cm³/mol. The van der Waals surface area contributed by atoms with Crippen LogP contribution in [-0.4, -0.2) is 81.0 Å². The zero-order chi connectivity index (χ0) is 20.6. The van der Waals surface area contributed by atoms with Crippen molar-refractivity contribution in [2.45, 2.75) is 59.8 Å². The summed E-state index contributed by atoms with van der Waals surface area (Å²) in [5.41, 5.74) is 0. The molecular formula is C21H43N3O3S. The molecule has 2 fully saturated rings. The standard InChI is InChI=1S/C21H43N3O3S/c1-19(2)5-11-23(12-6-20(3)4)28(25,26)24-13-8-21(9-14-24)7-10-22-15-17-27-18-16-22/h19-21H,5-18H2,1-4H3. The number of ether oxygens (including phenoxy) is 1. The molecule has 166 valence electrons. The largest absolute Gasteiger partial charge is 0.379 e. The summed E-state index contributed by atoms with van der Waals surface area (Å²) >= 11 is 0. The van der Waals surface area contributed by atoms with Gasteiger partial charge in [-0.15, -0.1) is 0 Å². The number of piperidine rings is 1. The predicted octanol–water partition coefficient (Wildman–Crippen LogP) is 3.06. The molecule has 0 aromatic heterocycles. The summed E-state index contributed by atoms with van der Waals surface area (Å²) in [5.74, 6) is 1.68. The Hall–Kier alpha value is -0.210. The molecule has 0 N–H and O–H groups in total. The van der Waals surface area contributed by atoms with Crippen molar-refractivity contribution in [1.29, 1.82) is 0 Å². The van der Waals surface area contributed by atoms with E-state index in [0.29, 0.717) is 43.9 Å². The highest BCUT2D eigenvalue weighted by molar-refractivity contribution is 7.86. The van der Waals surface area contributed by atoms with Crippen LogP contribution in [-0.2, 0) is 14.9 Å². The summed E-state index contributed by atoms with van der Waals surface area (Å²) in [5, 5.41) is 0. The zero-order valence-corrected chi connectivity index (χ0v) is 19.4. The summed E-state index contributed by atoms with van der Waals surface area (Å²) in [4.78, 5) is 2.48. The number of morpholine rings is 1. The summed E-state index contributed by atoms with van der Waals surface area (Å²) in [6.45, 7) is 16.2. The monoisotopic (exact) mass is 417 g/mol. The molecule has 2 aliphatic rings. The van der Waals surface area contributed by atoms with E-state index in [9.17, 15) is 8.42 Å². The van der Waals surface area contributed by atoms with Crippen LogP contribution in [0.15, 0.2) is 0 Å². The Balaban J connectivity index is 1.83.